The molecule has 0 amide bonds. The summed E-state index contributed by atoms with van der Waals surface area (Å²) in [4.78, 5) is 0. The van der Waals surface area contributed by atoms with Gasteiger partial charge in [-0.3, -0.25) is 0 Å². The lowest BCUT2D eigenvalue weighted by Gasteiger charge is -2.16. The van der Waals surface area contributed by atoms with Crippen molar-refractivity contribution in [3.63, 3.8) is 0 Å². The Morgan fingerprint density at radius 1 is 0.676 bits per heavy atom. The average Bonchev–Trinajstić information content (AvgIpc) is 2.75. The zero-order valence-electron chi connectivity index (χ0n) is 18.0. The number of hydrogen-bond donors (Lipinski definition) is 2. The van der Waals surface area contributed by atoms with Gasteiger partial charge in [-0.15, -0.1) is 0 Å². The van der Waals surface area contributed by atoms with Gasteiger partial charge >= 0.3 is 12.4 Å². The highest BCUT2D eigenvalue weighted by molar-refractivity contribution is 5.33. The van der Waals surface area contributed by atoms with Gasteiger partial charge in [-0.1, -0.05) is 36.4 Å². The third-order valence-electron chi connectivity index (χ3n) is 4.93. The summed E-state index contributed by atoms with van der Waals surface area (Å²) >= 11 is 0. The molecule has 34 heavy (non-hydrogen) atoms. The SMILES string of the molecule is Cc1ccccc1CN.Fc1cccc(C(F)(F)F)c1CNCc1c(F)cccc1C(F)(F)F. The van der Waals surface area contributed by atoms with Crippen LogP contribution >= 0.6 is 0 Å². The van der Waals surface area contributed by atoms with Crippen LogP contribution in [0.15, 0.2) is 60.7 Å². The Kier molecular flexibility index (Phi) is 9.17. The normalized spacial score (nSPS) is 11.7. The van der Waals surface area contributed by atoms with E-state index < -0.39 is 59.3 Å². The summed E-state index contributed by atoms with van der Waals surface area (Å²) in [7, 11) is 0. The molecule has 0 saturated carbocycles. The van der Waals surface area contributed by atoms with Crippen LogP contribution in [0.25, 0.3) is 0 Å². The Labute approximate surface area is 191 Å². The summed E-state index contributed by atoms with van der Waals surface area (Å²) in [6.07, 6.45) is -9.65. The van der Waals surface area contributed by atoms with Crippen molar-refractivity contribution in [2.75, 3.05) is 0 Å². The first-order valence-electron chi connectivity index (χ1n) is 10.0. The fourth-order valence-corrected chi connectivity index (χ4v) is 3.16. The van der Waals surface area contributed by atoms with Crippen LogP contribution in [-0.2, 0) is 32.0 Å². The second kappa shape index (κ2) is 11.4. The van der Waals surface area contributed by atoms with Crippen LogP contribution in [0.2, 0.25) is 0 Å². The monoisotopic (exact) mass is 490 g/mol. The quantitative estimate of drug-likeness (QED) is 0.389. The van der Waals surface area contributed by atoms with Gasteiger partial charge in [-0.25, -0.2) is 8.78 Å². The fraction of sp³-hybridized carbons (Fsp3) is 0.250. The molecule has 184 valence electrons. The molecule has 0 radical (unpaired) electrons. The maximum atomic E-state index is 13.7. The topological polar surface area (TPSA) is 38.0 Å². The Morgan fingerprint density at radius 3 is 1.47 bits per heavy atom. The summed E-state index contributed by atoms with van der Waals surface area (Å²) in [6, 6.07) is 12.8. The highest BCUT2D eigenvalue weighted by Crippen LogP contribution is 2.34. The second-order valence-corrected chi connectivity index (χ2v) is 7.26. The van der Waals surface area contributed by atoms with Crippen molar-refractivity contribution in [2.24, 2.45) is 5.73 Å². The van der Waals surface area contributed by atoms with Gasteiger partial charge < -0.3 is 11.1 Å². The lowest BCUT2D eigenvalue weighted by molar-refractivity contribution is -0.139. The van der Waals surface area contributed by atoms with E-state index in [1.807, 2.05) is 12.1 Å². The van der Waals surface area contributed by atoms with Crippen LogP contribution in [0.3, 0.4) is 0 Å². The van der Waals surface area contributed by atoms with Crippen LogP contribution in [0.5, 0.6) is 0 Å². The fourth-order valence-electron chi connectivity index (χ4n) is 3.16. The van der Waals surface area contributed by atoms with Gasteiger partial charge in [0.1, 0.15) is 11.6 Å². The van der Waals surface area contributed by atoms with E-state index in [0.29, 0.717) is 18.7 Å². The van der Waals surface area contributed by atoms with Gasteiger partial charge in [0.15, 0.2) is 0 Å². The van der Waals surface area contributed by atoms with Crippen LogP contribution in [0, 0.1) is 18.6 Å². The molecule has 0 bridgehead atoms. The van der Waals surface area contributed by atoms with Gasteiger partial charge in [0.25, 0.3) is 0 Å². The molecule has 3 aromatic carbocycles. The molecule has 0 spiro atoms. The summed E-state index contributed by atoms with van der Waals surface area (Å²) in [5.41, 5.74) is 3.97. The summed E-state index contributed by atoms with van der Waals surface area (Å²) in [5, 5.41) is 2.24. The van der Waals surface area contributed by atoms with Crippen molar-refractivity contribution in [3.8, 4) is 0 Å². The first-order chi connectivity index (χ1) is 15.9. The standard InChI is InChI=1S/C16H11F8N.C8H11N/c17-13-5-1-3-11(15(19,20)21)9(13)7-25-8-10-12(16(22,23)24)4-2-6-14(10)18;1-7-4-2-3-5-8(7)6-9/h1-6,25H,7-8H2;2-5H,6,9H2,1H3. The van der Waals surface area contributed by atoms with E-state index in [2.05, 4.69) is 24.4 Å². The molecular formula is C24H22F8N2. The molecule has 3 rings (SSSR count). The number of halogens is 8. The maximum Gasteiger partial charge on any atom is 0.416 e. The van der Waals surface area contributed by atoms with E-state index in [9.17, 15) is 35.1 Å². The minimum Gasteiger partial charge on any atom is -0.326 e. The maximum absolute atomic E-state index is 13.7. The van der Waals surface area contributed by atoms with E-state index in [1.165, 1.54) is 11.1 Å². The van der Waals surface area contributed by atoms with Crippen LogP contribution in [0.1, 0.15) is 33.4 Å². The number of alkyl halides is 6. The smallest absolute Gasteiger partial charge is 0.326 e. The molecule has 0 aliphatic carbocycles. The molecule has 3 N–H and O–H groups in total. The first kappa shape index (κ1) is 27.3. The van der Waals surface area contributed by atoms with Gasteiger partial charge in [-0.05, 0) is 42.3 Å². The Hall–Kier alpha value is -2.98. The van der Waals surface area contributed by atoms with Crippen LogP contribution < -0.4 is 11.1 Å². The Morgan fingerprint density at radius 2 is 1.12 bits per heavy atom. The zero-order valence-corrected chi connectivity index (χ0v) is 18.0. The van der Waals surface area contributed by atoms with E-state index >= 15 is 0 Å². The number of rotatable bonds is 5. The van der Waals surface area contributed by atoms with Gasteiger partial charge in [0.05, 0.1) is 11.1 Å². The van der Waals surface area contributed by atoms with Gasteiger partial charge in [0.2, 0.25) is 0 Å². The number of nitrogens with one attached hydrogen (secondary N) is 1. The molecule has 3 aromatic rings. The number of aryl methyl sites for hydroxylation is 1. The lowest BCUT2D eigenvalue weighted by Crippen LogP contribution is -2.21. The highest BCUT2D eigenvalue weighted by atomic mass is 19.4. The number of hydrogen-bond acceptors (Lipinski definition) is 2. The van der Waals surface area contributed by atoms with Crippen molar-refractivity contribution in [1.29, 1.82) is 0 Å². The third kappa shape index (κ3) is 7.26. The van der Waals surface area contributed by atoms with Crippen molar-refractivity contribution in [1.82, 2.24) is 5.32 Å². The summed E-state index contributed by atoms with van der Waals surface area (Å²) < 4.78 is 104. The number of benzene rings is 3. The highest BCUT2D eigenvalue weighted by Gasteiger charge is 2.35. The lowest BCUT2D eigenvalue weighted by atomic mass is 10.0. The largest absolute Gasteiger partial charge is 0.416 e. The molecule has 2 nitrogen and oxygen atoms in total. The predicted molar refractivity (Wildman–Crippen MR) is 112 cm³/mol. The Bertz CT molecular complexity index is 1030. The molecule has 0 aliphatic rings. The first-order valence-corrected chi connectivity index (χ1v) is 10.0. The summed E-state index contributed by atoms with van der Waals surface area (Å²) in [5.74, 6) is -2.32. The van der Waals surface area contributed by atoms with Crippen molar-refractivity contribution < 1.29 is 35.1 Å². The minimum absolute atomic E-state index is 0.646. The number of nitrogens with two attached hydrogens (primary N) is 1. The van der Waals surface area contributed by atoms with Crippen LogP contribution in [-0.4, -0.2) is 0 Å². The average molecular weight is 490 g/mol. The molecular weight excluding hydrogens is 468 g/mol. The molecule has 0 fully saturated rings. The molecule has 0 aliphatic heterocycles. The van der Waals surface area contributed by atoms with Crippen molar-refractivity contribution in [2.45, 2.75) is 38.9 Å². The summed E-state index contributed by atoms with van der Waals surface area (Å²) in [6.45, 7) is 1.29. The zero-order chi connectivity index (χ0) is 25.5. The van der Waals surface area contributed by atoms with E-state index in [4.69, 9.17) is 5.73 Å². The molecule has 10 heteroatoms. The molecule has 0 heterocycles. The van der Waals surface area contributed by atoms with Crippen molar-refractivity contribution in [3.05, 3.63) is 106 Å². The van der Waals surface area contributed by atoms with E-state index in [-0.39, 0.29) is 0 Å². The second-order valence-electron chi connectivity index (χ2n) is 7.26. The van der Waals surface area contributed by atoms with E-state index in [0.717, 1.165) is 24.3 Å². The minimum atomic E-state index is -4.83. The molecule has 0 saturated heterocycles. The van der Waals surface area contributed by atoms with Gasteiger partial charge in [-0.2, -0.15) is 26.3 Å². The molecule has 0 atom stereocenters. The Balaban J connectivity index is 0.000000379. The third-order valence-corrected chi connectivity index (χ3v) is 4.93. The van der Waals surface area contributed by atoms with E-state index in [1.54, 1.807) is 0 Å². The predicted octanol–water partition coefficient (Wildman–Crippen LogP) is 6.75. The van der Waals surface area contributed by atoms with Crippen LogP contribution in [0.4, 0.5) is 35.1 Å². The molecule has 0 unspecified atom stereocenters. The molecule has 0 aromatic heterocycles. The van der Waals surface area contributed by atoms with Gasteiger partial charge in [0, 0.05) is 30.8 Å². The van der Waals surface area contributed by atoms with Crippen molar-refractivity contribution >= 4 is 0 Å².